The molecule has 3 atom stereocenters. The van der Waals surface area contributed by atoms with Crippen molar-refractivity contribution in [1.82, 2.24) is 14.8 Å². The molecule has 2 rings (SSSR count). The maximum absolute atomic E-state index is 11.8. The SMILES string of the molecule is CC[C@H](C)[C@@H](N)c1nnc(SC(C)C(=O)OC)n1Cc1ccc(C)cc1. The summed E-state index contributed by atoms with van der Waals surface area (Å²) in [6, 6.07) is 8.13. The largest absolute Gasteiger partial charge is 0.468 e. The van der Waals surface area contributed by atoms with Gasteiger partial charge in [-0.1, -0.05) is 61.9 Å². The fraction of sp³-hybridized carbons (Fsp3) is 0.526. The first-order chi connectivity index (χ1) is 12.4. The van der Waals surface area contributed by atoms with Crippen LogP contribution in [-0.4, -0.2) is 33.1 Å². The van der Waals surface area contributed by atoms with Crippen LogP contribution in [0.25, 0.3) is 0 Å². The van der Waals surface area contributed by atoms with Gasteiger partial charge in [-0.2, -0.15) is 0 Å². The lowest BCUT2D eigenvalue weighted by atomic mass is 9.99. The Kier molecular flexibility index (Phi) is 7.23. The average molecular weight is 377 g/mol. The molecule has 0 radical (unpaired) electrons. The van der Waals surface area contributed by atoms with Crippen LogP contribution in [0.15, 0.2) is 29.4 Å². The number of hydrogen-bond acceptors (Lipinski definition) is 6. The van der Waals surface area contributed by atoms with Crippen LogP contribution in [0.5, 0.6) is 0 Å². The van der Waals surface area contributed by atoms with Gasteiger partial charge in [0, 0.05) is 0 Å². The summed E-state index contributed by atoms with van der Waals surface area (Å²) in [5.74, 6) is 0.749. The van der Waals surface area contributed by atoms with Crippen molar-refractivity contribution in [3.8, 4) is 0 Å². The van der Waals surface area contributed by atoms with Gasteiger partial charge in [-0.15, -0.1) is 10.2 Å². The number of rotatable bonds is 8. The Balaban J connectivity index is 2.36. The molecule has 0 amide bonds. The maximum Gasteiger partial charge on any atom is 0.318 e. The summed E-state index contributed by atoms with van der Waals surface area (Å²) in [5.41, 5.74) is 8.78. The highest BCUT2D eigenvalue weighted by molar-refractivity contribution is 8.00. The Morgan fingerprint density at radius 2 is 1.92 bits per heavy atom. The van der Waals surface area contributed by atoms with Crippen molar-refractivity contribution in [3.05, 3.63) is 41.2 Å². The third-order valence-corrected chi connectivity index (χ3v) is 5.64. The van der Waals surface area contributed by atoms with Gasteiger partial charge in [-0.3, -0.25) is 4.79 Å². The van der Waals surface area contributed by atoms with E-state index in [1.807, 2.05) is 4.57 Å². The Labute approximate surface area is 159 Å². The number of esters is 1. The molecule has 1 aromatic heterocycles. The Hall–Kier alpha value is -1.86. The van der Waals surface area contributed by atoms with Gasteiger partial charge in [0.05, 0.1) is 19.7 Å². The molecule has 2 aromatic rings. The number of hydrogen-bond donors (Lipinski definition) is 1. The number of thioether (sulfide) groups is 1. The van der Waals surface area contributed by atoms with Gasteiger partial charge >= 0.3 is 5.97 Å². The molecule has 1 unspecified atom stereocenters. The van der Waals surface area contributed by atoms with Gasteiger partial charge in [-0.25, -0.2) is 0 Å². The Bertz CT molecular complexity index is 730. The number of methoxy groups -OCH3 is 1. The molecule has 0 aliphatic carbocycles. The summed E-state index contributed by atoms with van der Waals surface area (Å²) in [5, 5.41) is 8.98. The number of ether oxygens (including phenoxy) is 1. The minimum atomic E-state index is -0.367. The number of benzene rings is 1. The lowest BCUT2D eigenvalue weighted by molar-refractivity contribution is -0.139. The molecule has 0 fully saturated rings. The molecule has 0 saturated heterocycles. The fourth-order valence-electron chi connectivity index (χ4n) is 2.54. The van der Waals surface area contributed by atoms with E-state index in [0.717, 1.165) is 17.8 Å². The number of carbonyl (C=O) groups is 1. The van der Waals surface area contributed by atoms with Crippen LogP contribution in [0.4, 0.5) is 0 Å². The van der Waals surface area contributed by atoms with E-state index in [4.69, 9.17) is 10.5 Å². The smallest absolute Gasteiger partial charge is 0.318 e. The lowest BCUT2D eigenvalue weighted by Gasteiger charge is -2.20. The molecule has 142 valence electrons. The second-order valence-corrected chi connectivity index (χ2v) is 7.92. The van der Waals surface area contributed by atoms with Gasteiger partial charge in [0.15, 0.2) is 11.0 Å². The number of carbonyl (C=O) groups excluding carboxylic acids is 1. The third kappa shape index (κ3) is 4.86. The molecule has 0 saturated carbocycles. The van der Waals surface area contributed by atoms with Crippen molar-refractivity contribution in [2.45, 2.75) is 57.1 Å². The highest BCUT2D eigenvalue weighted by Crippen LogP contribution is 2.28. The van der Waals surface area contributed by atoms with Crippen molar-refractivity contribution >= 4 is 17.7 Å². The first-order valence-corrected chi connectivity index (χ1v) is 9.74. The molecular weight excluding hydrogens is 348 g/mol. The Morgan fingerprint density at radius 1 is 1.27 bits per heavy atom. The van der Waals surface area contributed by atoms with E-state index < -0.39 is 0 Å². The minimum Gasteiger partial charge on any atom is -0.468 e. The summed E-state index contributed by atoms with van der Waals surface area (Å²) < 4.78 is 6.84. The first-order valence-electron chi connectivity index (χ1n) is 8.86. The van der Waals surface area contributed by atoms with E-state index >= 15 is 0 Å². The summed E-state index contributed by atoms with van der Waals surface area (Å²) in [6.45, 7) is 8.70. The molecule has 0 aliphatic heterocycles. The van der Waals surface area contributed by atoms with Crippen LogP contribution in [0.3, 0.4) is 0 Å². The highest BCUT2D eigenvalue weighted by Gasteiger charge is 2.25. The zero-order chi connectivity index (χ0) is 19.3. The van der Waals surface area contributed by atoms with Crippen LogP contribution < -0.4 is 5.73 Å². The molecule has 1 heterocycles. The van der Waals surface area contributed by atoms with Crippen LogP contribution in [-0.2, 0) is 16.1 Å². The van der Waals surface area contributed by atoms with E-state index in [1.54, 1.807) is 6.92 Å². The van der Waals surface area contributed by atoms with Crippen molar-refractivity contribution in [3.63, 3.8) is 0 Å². The molecule has 0 spiro atoms. The van der Waals surface area contributed by atoms with Crippen molar-refractivity contribution in [2.75, 3.05) is 7.11 Å². The molecule has 0 aliphatic rings. The second kappa shape index (κ2) is 9.19. The zero-order valence-corrected chi connectivity index (χ0v) is 16.9. The number of aryl methyl sites for hydroxylation is 1. The fourth-order valence-corrected chi connectivity index (χ4v) is 3.42. The molecule has 7 heteroatoms. The second-order valence-electron chi connectivity index (χ2n) is 6.61. The predicted molar refractivity (Wildman–Crippen MR) is 104 cm³/mol. The van der Waals surface area contributed by atoms with Crippen molar-refractivity contribution < 1.29 is 9.53 Å². The van der Waals surface area contributed by atoms with Gasteiger partial charge in [0.25, 0.3) is 0 Å². The Morgan fingerprint density at radius 3 is 2.50 bits per heavy atom. The third-order valence-electron chi connectivity index (χ3n) is 4.58. The van der Waals surface area contributed by atoms with Crippen LogP contribution in [0.1, 0.15) is 50.2 Å². The van der Waals surface area contributed by atoms with E-state index in [-0.39, 0.29) is 23.2 Å². The molecule has 6 nitrogen and oxygen atoms in total. The van der Waals surface area contributed by atoms with Gasteiger partial charge in [0.1, 0.15) is 5.25 Å². The van der Waals surface area contributed by atoms with E-state index in [2.05, 4.69) is 55.2 Å². The molecule has 1 aromatic carbocycles. The van der Waals surface area contributed by atoms with Gasteiger partial charge < -0.3 is 15.0 Å². The van der Waals surface area contributed by atoms with E-state index in [1.165, 1.54) is 24.4 Å². The minimum absolute atomic E-state index is 0.208. The highest BCUT2D eigenvalue weighted by atomic mass is 32.2. The van der Waals surface area contributed by atoms with E-state index in [0.29, 0.717) is 11.7 Å². The zero-order valence-electron chi connectivity index (χ0n) is 16.1. The summed E-state index contributed by atoms with van der Waals surface area (Å²) in [6.07, 6.45) is 0.958. The van der Waals surface area contributed by atoms with Gasteiger partial charge in [-0.05, 0) is 25.3 Å². The van der Waals surface area contributed by atoms with E-state index in [9.17, 15) is 4.79 Å². The maximum atomic E-state index is 11.8. The summed E-state index contributed by atoms with van der Waals surface area (Å²) >= 11 is 1.34. The quantitative estimate of drug-likeness (QED) is 0.562. The number of nitrogens with two attached hydrogens (primary N) is 1. The topological polar surface area (TPSA) is 83.0 Å². The van der Waals surface area contributed by atoms with Gasteiger partial charge in [0.2, 0.25) is 0 Å². The van der Waals surface area contributed by atoms with Crippen molar-refractivity contribution in [1.29, 1.82) is 0 Å². The standard InChI is InChI=1S/C19H28N4O2S/c1-6-13(3)16(20)17-21-22-19(26-14(4)18(24)25-5)23(17)11-15-9-7-12(2)8-10-15/h7-10,13-14,16H,6,11,20H2,1-5H3/t13-,14?,16+/m0/s1. The van der Waals surface area contributed by atoms with Crippen LogP contribution >= 0.6 is 11.8 Å². The molecule has 0 bridgehead atoms. The summed E-state index contributed by atoms with van der Waals surface area (Å²) in [7, 11) is 1.39. The lowest BCUT2D eigenvalue weighted by Crippen LogP contribution is -2.24. The molecule has 2 N–H and O–H groups in total. The normalized spacial score (nSPS) is 14.7. The van der Waals surface area contributed by atoms with Crippen LogP contribution in [0, 0.1) is 12.8 Å². The first kappa shape index (κ1) is 20.5. The van der Waals surface area contributed by atoms with Crippen molar-refractivity contribution in [2.24, 2.45) is 11.7 Å². The summed E-state index contributed by atoms with van der Waals surface area (Å²) in [4.78, 5) is 11.8. The average Bonchev–Trinajstić information content (AvgIpc) is 3.03. The predicted octanol–water partition coefficient (Wildman–Crippen LogP) is 3.33. The number of aromatic nitrogens is 3. The van der Waals surface area contributed by atoms with Crippen LogP contribution in [0.2, 0.25) is 0 Å². The number of nitrogens with zero attached hydrogens (tertiary/aromatic N) is 3. The molecule has 26 heavy (non-hydrogen) atoms. The molecular formula is C19H28N4O2S. The monoisotopic (exact) mass is 376 g/mol.